The molecule has 96 valence electrons. The van der Waals surface area contributed by atoms with Crippen LogP contribution in [0.4, 0.5) is 0 Å². The Hall–Kier alpha value is -0.120. The first-order chi connectivity index (χ1) is 7.77. The first-order valence-corrected chi connectivity index (χ1v) is 6.74. The summed E-state index contributed by atoms with van der Waals surface area (Å²) in [7, 11) is 1.79. The molecule has 1 aliphatic rings. The maximum absolute atomic E-state index is 5.24. The first kappa shape index (κ1) is 13.9. The Balaban J connectivity index is 2.35. The molecule has 3 heteroatoms. The SMILES string of the molecule is CCN(CC1CCCCCN1)C(C)COC. The van der Waals surface area contributed by atoms with Gasteiger partial charge in [-0.25, -0.2) is 0 Å². The number of hydrogen-bond acceptors (Lipinski definition) is 3. The van der Waals surface area contributed by atoms with Crippen molar-refractivity contribution in [1.82, 2.24) is 10.2 Å². The van der Waals surface area contributed by atoms with E-state index in [2.05, 4.69) is 24.1 Å². The monoisotopic (exact) mass is 228 g/mol. The Bertz CT molecular complexity index is 167. The highest BCUT2D eigenvalue weighted by Crippen LogP contribution is 2.11. The lowest BCUT2D eigenvalue weighted by atomic mass is 10.1. The minimum absolute atomic E-state index is 0.528. The molecule has 16 heavy (non-hydrogen) atoms. The largest absolute Gasteiger partial charge is 0.383 e. The van der Waals surface area contributed by atoms with Crippen molar-refractivity contribution in [2.45, 2.75) is 51.6 Å². The summed E-state index contributed by atoms with van der Waals surface area (Å²) in [5, 5.41) is 3.66. The van der Waals surface area contributed by atoms with Crippen LogP contribution in [-0.4, -0.2) is 50.3 Å². The lowest BCUT2D eigenvalue weighted by Gasteiger charge is -2.31. The van der Waals surface area contributed by atoms with E-state index in [-0.39, 0.29) is 0 Å². The van der Waals surface area contributed by atoms with E-state index in [1.807, 2.05) is 0 Å². The van der Waals surface area contributed by atoms with E-state index < -0.39 is 0 Å². The highest BCUT2D eigenvalue weighted by atomic mass is 16.5. The molecule has 2 atom stereocenters. The van der Waals surface area contributed by atoms with E-state index >= 15 is 0 Å². The Morgan fingerprint density at radius 3 is 2.88 bits per heavy atom. The molecule has 0 bridgehead atoms. The fraction of sp³-hybridized carbons (Fsp3) is 1.00. The van der Waals surface area contributed by atoms with Crippen LogP contribution >= 0.6 is 0 Å². The molecule has 1 N–H and O–H groups in total. The molecule has 0 aromatic rings. The maximum atomic E-state index is 5.24. The van der Waals surface area contributed by atoms with Crippen LogP contribution in [0.2, 0.25) is 0 Å². The van der Waals surface area contributed by atoms with Crippen molar-refractivity contribution >= 4 is 0 Å². The van der Waals surface area contributed by atoms with Gasteiger partial charge in [-0.2, -0.15) is 0 Å². The third-order valence-electron chi connectivity index (χ3n) is 3.55. The van der Waals surface area contributed by atoms with Crippen LogP contribution in [0.3, 0.4) is 0 Å². The number of hydrogen-bond donors (Lipinski definition) is 1. The predicted octanol–water partition coefficient (Wildman–Crippen LogP) is 1.88. The van der Waals surface area contributed by atoms with Crippen LogP contribution in [0.1, 0.15) is 39.5 Å². The van der Waals surface area contributed by atoms with Gasteiger partial charge in [-0.05, 0) is 32.9 Å². The lowest BCUT2D eigenvalue weighted by Crippen LogP contribution is -2.45. The lowest BCUT2D eigenvalue weighted by molar-refractivity contribution is 0.0952. The van der Waals surface area contributed by atoms with Crippen LogP contribution in [0.5, 0.6) is 0 Å². The summed E-state index contributed by atoms with van der Waals surface area (Å²) in [4.78, 5) is 2.52. The molecule has 0 aromatic heterocycles. The second-order valence-electron chi connectivity index (χ2n) is 4.89. The zero-order chi connectivity index (χ0) is 11.8. The second-order valence-corrected chi connectivity index (χ2v) is 4.89. The third-order valence-corrected chi connectivity index (χ3v) is 3.55. The molecule has 1 saturated heterocycles. The standard InChI is InChI=1S/C13H28N2O/c1-4-15(12(2)11-16-3)10-13-8-6-5-7-9-14-13/h12-14H,4-11H2,1-3H3. The number of likely N-dealkylation sites (N-methyl/N-ethyl adjacent to an activating group) is 1. The first-order valence-electron chi connectivity index (χ1n) is 6.74. The summed E-state index contributed by atoms with van der Waals surface area (Å²) in [5.41, 5.74) is 0. The van der Waals surface area contributed by atoms with E-state index in [4.69, 9.17) is 4.74 Å². The van der Waals surface area contributed by atoms with Gasteiger partial charge >= 0.3 is 0 Å². The van der Waals surface area contributed by atoms with Crippen molar-refractivity contribution in [3.05, 3.63) is 0 Å². The van der Waals surface area contributed by atoms with Crippen molar-refractivity contribution in [3.8, 4) is 0 Å². The summed E-state index contributed by atoms with van der Waals surface area (Å²) in [6, 6.07) is 1.21. The Morgan fingerprint density at radius 1 is 1.38 bits per heavy atom. The molecule has 0 aliphatic carbocycles. The summed E-state index contributed by atoms with van der Waals surface area (Å²) in [6.07, 6.45) is 5.45. The Kier molecular flexibility index (Phi) is 7.01. The smallest absolute Gasteiger partial charge is 0.0615 e. The molecular formula is C13H28N2O. The van der Waals surface area contributed by atoms with Crippen LogP contribution in [0, 0.1) is 0 Å². The van der Waals surface area contributed by atoms with E-state index in [0.717, 1.165) is 13.2 Å². The van der Waals surface area contributed by atoms with Gasteiger partial charge in [0, 0.05) is 25.7 Å². The number of ether oxygens (including phenoxy) is 1. The van der Waals surface area contributed by atoms with Crippen molar-refractivity contribution < 1.29 is 4.74 Å². The molecule has 1 fully saturated rings. The highest BCUT2D eigenvalue weighted by molar-refractivity contribution is 4.77. The summed E-state index contributed by atoms with van der Waals surface area (Å²) in [5.74, 6) is 0. The molecular weight excluding hydrogens is 200 g/mol. The fourth-order valence-electron chi connectivity index (χ4n) is 2.51. The van der Waals surface area contributed by atoms with Gasteiger partial charge < -0.3 is 10.1 Å². The van der Waals surface area contributed by atoms with Crippen molar-refractivity contribution in [2.75, 3.05) is 33.4 Å². The van der Waals surface area contributed by atoms with E-state index in [1.165, 1.54) is 38.8 Å². The highest BCUT2D eigenvalue weighted by Gasteiger charge is 2.18. The average Bonchev–Trinajstić information content (AvgIpc) is 2.54. The van der Waals surface area contributed by atoms with Crippen LogP contribution < -0.4 is 5.32 Å². The molecule has 0 spiro atoms. The number of rotatable bonds is 6. The fourth-order valence-corrected chi connectivity index (χ4v) is 2.51. The van der Waals surface area contributed by atoms with Gasteiger partial charge in [-0.1, -0.05) is 19.8 Å². The molecule has 0 aromatic carbocycles. The van der Waals surface area contributed by atoms with E-state index in [1.54, 1.807) is 7.11 Å². The minimum Gasteiger partial charge on any atom is -0.383 e. The van der Waals surface area contributed by atoms with Gasteiger partial charge in [0.1, 0.15) is 0 Å². The van der Waals surface area contributed by atoms with Gasteiger partial charge in [0.05, 0.1) is 6.61 Å². The molecule has 2 unspecified atom stereocenters. The molecule has 0 radical (unpaired) electrons. The second kappa shape index (κ2) is 8.04. The van der Waals surface area contributed by atoms with E-state index in [0.29, 0.717) is 12.1 Å². The zero-order valence-corrected chi connectivity index (χ0v) is 11.2. The Labute approximate surface area is 101 Å². The molecule has 0 saturated carbocycles. The zero-order valence-electron chi connectivity index (χ0n) is 11.2. The maximum Gasteiger partial charge on any atom is 0.0615 e. The average molecular weight is 228 g/mol. The molecule has 3 nitrogen and oxygen atoms in total. The van der Waals surface area contributed by atoms with Gasteiger partial charge in [0.2, 0.25) is 0 Å². The minimum atomic E-state index is 0.528. The van der Waals surface area contributed by atoms with Crippen LogP contribution in [0.25, 0.3) is 0 Å². The van der Waals surface area contributed by atoms with Gasteiger partial charge in [0.25, 0.3) is 0 Å². The molecule has 1 aliphatic heterocycles. The summed E-state index contributed by atoms with van der Waals surface area (Å²) < 4.78 is 5.24. The third kappa shape index (κ3) is 4.81. The quantitative estimate of drug-likeness (QED) is 0.751. The summed E-state index contributed by atoms with van der Waals surface area (Å²) >= 11 is 0. The van der Waals surface area contributed by atoms with Crippen molar-refractivity contribution in [1.29, 1.82) is 0 Å². The summed E-state index contributed by atoms with van der Waals surface area (Å²) in [6.45, 7) is 8.80. The molecule has 1 rings (SSSR count). The van der Waals surface area contributed by atoms with Gasteiger partial charge in [-0.3, -0.25) is 4.90 Å². The normalized spacial score (nSPS) is 24.4. The Morgan fingerprint density at radius 2 is 2.19 bits per heavy atom. The predicted molar refractivity (Wildman–Crippen MR) is 68.8 cm³/mol. The number of nitrogens with one attached hydrogen (secondary N) is 1. The van der Waals surface area contributed by atoms with Crippen LogP contribution in [0.15, 0.2) is 0 Å². The number of nitrogens with zero attached hydrogens (tertiary/aromatic N) is 1. The van der Waals surface area contributed by atoms with Gasteiger partial charge in [0.15, 0.2) is 0 Å². The van der Waals surface area contributed by atoms with Gasteiger partial charge in [-0.15, -0.1) is 0 Å². The molecule has 0 amide bonds. The topological polar surface area (TPSA) is 24.5 Å². The number of methoxy groups -OCH3 is 1. The van der Waals surface area contributed by atoms with Crippen molar-refractivity contribution in [2.24, 2.45) is 0 Å². The van der Waals surface area contributed by atoms with Crippen LogP contribution in [-0.2, 0) is 4.74 Å². The van der Waals surface area contributed by atoms with E-state index in [9.17, 15) is 0 Å². The van der Waals surface area contributed by atoms with Crippen molar-refractivity contribution in [3.63, 3.8) is 0 Å². The molecule has 1 heterocycles.